The zero-order valence-corrected chi connectivity index (χ0v) is 17.4. The molecule has 1 heterocycles. The van der Waals surface area contributed by atoms with Gasteiger partial charge in [0, 0.05) is 15.3 Å². The van der Waals surface area contributed by atoms with Crippen molar-refractivity contribution in [3.05, 3.63) is 59.5 Å². The van der Waals surface area contributed by atoms with Gasteiger partial charge in [-0.05, 0) is 42.8 Å². The van der Waals surface area contributed by atoms with E-state index in [0.717, 1.165) is 21.1 Å². The number of benzene rings is 2. The number of aromatic nitrogens is 1. The predicted molar refractivity (Wildman–Crippen MR) is 116 cm³/mol. The van der Waals surface area contributed by atoms with E-state index in [4.69, 9.17) is 9.84 Å². The molecular formula is C21H20N2O4S2. The third-order valence-corrected chi connectivity index (χ3v) is 6.03. The molecule has 3 rings (SSSR count). The number of thiazole rings is 1. The molecule has 0 radical (unpaired) electrons. The number of carboxylic acids is 1. The number of methoxy groups -OCH3 is 1. The summed E-state index contributed by atoms with van der Waals surface area (Å²) in [5, 5.41) is 12.3. The fourth-order valence-corrected chi connectivity index (χ4v) is 4.31. The van der Waals surface area contributed by atoms with Crippen molar-refractivity contribution >= 4 is 40.1 Å². The molecule has 0 fully saturated rings. The number of thioether (sulfide) groups is 1. The van der Waals surface area contributed by atoms with Gasteiger partial charge in [0.15, 0.2) is 5.13 Å². The van der Waals surface area contributed by atoms with Gasteiger partial charge in [-0.2, -0.15) is 0 Å². The van der Waals surface area contributed by atoms with Gasteiger partial charge in [-0.1, -0.05) is 18.2 Å². The molecule has 29 heavy (non-hydrogen) atoms. The largest absolute Gasteiger partial charge is 0.497 e. The number of hydrogen-bond acceptors (Lipinski definition) is 6. The van der Waals surface area contributed by atoms with Crippen LogP contribution in [0.5, 0.6) is 5.75 Å². The van der Waals surface area contributed by atoms with Gasteiger partial charge in [-0.3, -0.25) is 9.59 Å². The van der Waals surface area contributed by atoms with E-state index in [1.54, 1.807) is 7.11 Å². The van der Waals surface area contributed by atoms with Crippen LogP contribution in [0.1, 0.15) is 11.3 Å². The molecule has 0 aliphatic rings. The van der Waals surface area contributed by atoms with Crippen LogP contribution in [-0.4, -0.2) is 34.8 Å². The fourth-order valence-electron chi connectivity index (χ4n) is 2.59. The summed E-state index contributed by atoms with van der Waals surface area (Å²) in [6.07, 6.45) is 0.353. The number of carbonyl (C=O) groups is 2. The highest BCUT2D eigenvalue weighted by Crippen LogP contribution is 2.33. The maximum Gasteiger partial charge on any atom is 0.303 e. The molecule has 0 unspecified atom stereocenters. The van der Waals surface area contributed by atoms with E-state index in [9.17, 15) is 9.59 Å². The van der Waals surface area contributed by atoms with E-state index >= 15 is 0 Å². The number of aliphatic carboxylic acids is 1. The molecule has 0 spiro atoms. The van der Waals surface area contributed by atoms with Crippen LogP contribution in [0.2, 0.25) is 0 Å². The van der Waals surface area contributed by atoms with E-state index in [0.29, 0.717) is 17.2 Å². The molecule has 2 aromatic carbocycles. The average molecular weight is 429 g/mol. The Labute approximate surface area is 176 Å². The second kappa shape index (κ2) is 10.1. The lowest BCUT2D eigenvalue weighted by Gasteiger charge is -2.03. The Kier molecular flexibility index (Phi) is 7.26. The highest BCUT2D eigenvalue weighted by atomic mass is 32.2. The first-order valence-corrected chi connectivity index (χ1v) is 10.7. The molecule has 0 saturated heterocycles. The first kappa shape index (κ1) is 20.9. The van der Waals surface area contributed by atoms with E-state index in [2.05, 4.69) is 10.3 Å². The number of aryl methyl sites for hydroxylation is 1. The van der Waals surface area contributed by atoms with Gasteiger partial charge in [-0.25, -0.2) is 4.98 Å². The van der Waals surface area contributed by atoms with E-state index in [1.165, 1.54) is 23.1 Å². The van der Waals surface area contributed by atoms with Crippen molar-refractivity contribution in [1.82, 2.24) is 4.98 Å². The Hall–Kier alpha value is -2.84. The number of anilines is 1. The number of carboxylic acid groups (broad SMARTS) is 1. The number of amides is 1. The Morgan fingerprint density at radius 3 is 2.52 bits per heavy atom. The zero-order valence-electron chi connectivity index (χ0n) is 15.8. The third kappa shape index (κ3) is 6.07. The highest BCUT2D eigenvalue weighted by molar-refractivity contribution is 8.00. The standard InChI is InChI=1S/C21H20N2O4S2/c1-27-15-9-7-14(8-10-15)20-17(11-12-19(25)26)29-21(23-20)22-18(24)13-28-16-5-3-2-4-6-16/h2-10H,11-13H2,1H3,(H,25,26)(H,22,23,24). The first-order valence-electron chi connectivity index (χ1n) is 8.89. The summed E-state index contributed by atoms with van der Waals surface area (Å²) >= 11 is 2.76. The van der Waals surface area contributed by atoms with Crippen LogP contribution in [0.3, 0.4) is 0 Å². The minimum atomic E-state index is -0.871. The van der Waals surface area contributed by atoms with Crippen molar-refractivity contribution < 1.29 is 19.4 Å². The summed E-state index contributed by atoms with van der Waals surface area (Å²) in [4.78, 5) is 29.7. The number of ether oxygens (including phenoxy) is 1. The number of nitrogens with zero attached hydrogens (tertiary/aromatic N) is 1. The van der Waals surface area contributed by atoms with Crippen LogP contribution in [0.15, 0.2) is 59.5 Å². The lowest BCUT2D eigenvalue weighted by Crippen LogP contribution is -2.13. The number of rotatable bonds is 9. The summed E-state index contributed by atoms with van der Waals surface area (Å²) < 4.78 is 5.18. The van der Waals surface area contributed by atoms with Gasteiger partial charge in [-0.15, -0.1) is 23.1 Å². The maximum absolute atomic E-state index is 12.3. The van der Waals surface area contributed by atoms with Crippen molar-refractivity contribution in [1.29, 1.82) is 0 Å². The predicted octanol–water partition coefficient (Wildman–Crippen LogP) is 4.57. The Morgan fingerprint density at radius 1 is 1.14 bits per heavy atom. The minimum Gasteiger partial charge on any atom is -0.497 e. The molecule has 2 N–H and O–H groups in total. The molecule has 0 aliphatic carbocycles. The smallest absolute Gasteiger partial charge is 0.303 e. The SMILES string of the molecule is COc1ccc(-c2nc(NC(=O)CSc3ccccc3)sc2CCC(=O)O)cc1. The minimum absolute atomic E-state index is 0.00257. The first-order chi connectivity index (χ1) is 14.0. The third-order valence-electron chi connectivity index (χ3n) is 3.99. The Bertz CT molecular complexity index is 972. The van der Waals surface area contributed by atoms with Crippen molar-refractivity contribution in [2.45, 2.75) is 17.7 Å². The van der Waals surface area contributed by atoms with Crippen molar-refractivity contribution in [3.63, 3.8) is 0 Å². The van der Waals surface area contributed by atoms with Crippen LogP contribution >= 0.6 is 23.1 Å². The summed E-state index contributed by atoms with van der Waals surface area (Å²) in [7, 11) is 1.59. The summed E-state index contributed by atoms with van der Waals surface area (Å²) in [6, 6.07) is 17.1. The van der Waals surface area contributed by atoms with Gasteiger partial charge in [0.05, 0.1) is 25.0 Å². The molecule has 150 valence electrons. The maximum atomic E-state index is 12.3. The molecule has 0 bridgehead atoms. The zero-order chi connectivity index (χ0) is 20.6. The van der Waals surface area contributed by atoms with Crippen LogP contribution in [-0.2, 0) is 16.0 Å². The molecular weight excluding hydrogens is 408 g/mol. The number of nitrogens with one attached hydrogen (secondary N) is 1. The van der Waals surface area contributed by atoms with Crippen LogP contribution in [0, 0.1) is 0 Å². The van der Waals surface area contributed by atoms with Crippen molar-refractivity contribution in [2.75, 3.05) is 18.2 Å². The molecule has 8 heteroatoms. The molecule has 0 saturated carbocycles. The lowest BCUT2D eigenvalue weighted by atomic mass is 10.1. The number of carbonyl (C=O) groups excluding carboxylic acids is 1. The van der Waals surface area contributed by atoms with Crippen molar-refractivity contribution in [2.24, 2.45) is 0 Å². The van der Waals surface area contributed by atoms with Crippen molar-refractivity contribution in [3.8, 4) is 17.0 Å². The van der Waals surface area contributed by atoms with Gasteiger partial charge < -0.3 is 15.2 Å². The lowest BCUT2D eigenvalue weighted by molar-refractivity contribution is -0.136. The average Bonchev–Trinajstić information content (AvgIpc) is 3.14. The van der Waals surface area contributed by atoms with E-state index < -0.39 is 5.97 Å². The number of hydrogen-bond donors (Lipinski definition) is 2. The molecule has 0 atom stereocenters. The van der Waals surface area contributed by atoms with Crippen LogP contribution in [0.4, 0.5) is 5.13 Å². The Morgan fingerprint density at radius 2 is 1.86 bits per heavy atom. The molecule has 1 aromatic heterocycles. The topological polar surface area (TPSA) is 88.5 Å². The van der Waals surface area contributed by atoms with Crippen LogP contribution < -0.4 is 10.1 Å². The second-order valence-electron chi connectivity index (χ2n) is 6.06. The Balaban J connectivity index is 1.74. The molecule has 1 amide bonds. The molecule has 3 aromatic rings. The van der Waals surface area contributed by atoms with Crippen LogP contribution in [0.25, 0.3) is 11.3 Å². The van der Waals surface area contributed by atoms with Gasteiger partial charge >= 0.3 is 5.97 Å². The van der Waals surface area contributed by atoms with E-state index in [-0.39, 0.29) is 18.1 Å². The second-order valence-corrected chi connectivity index (χ2v) is 8.20. The normalized spacial score (nSPS) is 10.5. The van der Waals surface area contributed by atoms with Gasteiger partial charge in [0.1, 0.15) is 5.75 Å². The monoisotopic (exact) mass is 428 g/mol. The van der Waals surface area contributed by atoms with Gasteiger partial charge in [0.2, 0.25) is 5.91 Å². The quantitative estimate of drug-likeness (QED) is 0.486. The fraction of sp³-hybridized carbons (Fsp3) is 0.190. The molecule has 6 nitrogen and oxygen atoms in total. The summed E-state index contributed by atoms with van der Waals surface area (Å²) in [6.45, 7) is 0. The summed E-state index contributed by atoms with van der Waals surface area (Å²) in [5.74, 6) is -0.0310. The molecule has 0 aliphatic heterocycles. The highest BCUT2D eigenvalue weighted by Gasteiger charge is 2.16. The summed E-state index contributed by atoms with van der Waals surface area (Å²) in [5.41, 5.74) is 1.53. The van der Waals surface area contributed by atoms with Gasteiger partial charge in [0.25, 0.3) is 0 Å². The van der Waals surface area contributed by atoms with E-state index in [1.807, 2.05) is 54.6 Å².